The highest BCUT2D eigenvalue weighted by Gasteiger charge is 2.14. The van der Waals surface area contributed by atoms with Crippen LogP contribution in [0.4, 0.5) is 11.6 Å². The van der Waals surface area contributed by atoms with Crippen LogP contribution in [0.3, 0.4) is 0 Å². The maximum absolute atomic E-state index is 4.17. The average Bonchev–Trinajstić information content (AvgIpc) is 2.28. The number of aromatic nitrogens is 2. The van der Waals surface area contributed by atoms with Gasteiger partial charge in [0.15, 0.2) is 0 Å². The third kappa shape index (κ3) is 4.02. The van der Waals surface area contributed by atoms with Gasteiger partial charge in [-0.05, 0) is 27.8 Å². The average molecular weight is 223 g/mol. The Morgan fingerprint density at radius 3 is 2.38 bits per heavy atom. The van der Waals surface area contributed by atoms with E-state index in [1.165, 1.54) is 0 Å². The van der Waals surface area contributed by atoms with Gasteiger partial charge in [-0.2, -0.15) is 0 Å². The lowest BCUT2D eigenvalue weighted by molar-refractivity contribution is 0.447. The second-order valence-corrected chi connectivity index (χ2v) is 4.31. The molecule has 0 aliphatic carbocycles. The summed E-state index contributed by atoms with van der Waals surface area (Å²) < 4.78 is 0. The van der Waals surface area contributed by atoms with Crippen molar-refractivity contribution in [1.82, 2.24) is 15.3 Å². The van der Waals surface area contributed by atoms with Gasteiger partial charge in [0.25, 0.3) is 0 Å². The highest BCUT2D eigenvalue weighted by atomic mass is 15.1. The molecule has 0 fully saturated rings. The van der Waals surface area contributed by atoms with E-state index in [0.29, 0.717) is 0 Å². The summed E-state index contributed by atoms with van der Waals surface area (Å²) in [6.07, 6.45) is 1.56. The molecule has 0 radical (unpaired) electrons. The zero-order valence-corrected chi connectivity index (χ0v) is 10.5. The predicted molar refractivity (Wildman–Crippen MR) is 67.8 cm³/mol. The smallest absolute Gasteiger partial charge is 0.131 e. The number of anilines is 2. The molecule has 16 heavy (non-hydrogen) atoms. The van der Waals surface area contributed by atoms with Crippen molar-refractivity contribution in [3.63, 3.8) is 0 Å². The molecule has 0 aliphatic rings. The minimum absolute atomic E-state index is 0.0449. The molecular weight excluding hydrogens is 202 g/mol. The van der Waals surface area contributed by atoms with Crippen molar-refractivity contribution in [3.8, 4) is 0 Å². The van der Waals surface area contributed by atoms with Crippen LogP contribution in [0, 0.1) is 0 Å². The van der Waals surface area contributed by atoms with Gasteiger partial charge in [-0.25, -0.2) is 9.97 Å². The third-order valence-corrected chi connectivity index (χ3v) is 2.41. The Hall–Kier alpha value is -1.36. The van der Waals surface area contributed by atoms with E-state index < -0.39 is 0 Å². The molecule has 1 heterocycles. The molecule has 1 aromatic rings. The van der Waals surface area contributed by atoms with Gasteiger partial charge in [0.05, 0.1) is 0 Å². The molecule has 1 aromatic heterocycles. The summed E-state index contributed by atoms with van der Waals surface area (Å²) in [4.78, 5) is 8.28. The molecule has 0 atom stereocenters. The standard InChI is InChI=1S/C11H21N5/c1-5-13-9-6-10(16-8-15-9)14-7-11(2,3)12-4/h6,8,12H,5,7H2,1-4H3,(H2,13,14,15,16). The Bertz CT molecular complexity index is 324. The van der Waals surface area contributed by atoms with Crippen molar-refractivity contribution < 1.29 is 0 Å². The molecular formula is C11H21N5. The van der Waals surface area contributed by atoms with Gasteiger partial charge in [-0.15, -0.1) is 0 Å². The summed E-state index contributed by atoms with van der Waals surface area (Å²) >= 11 is 0. The van der Waals surface area contributed by atoms with Crippen LogP contribution in [-0.2, 0) is 0 Å². The highest BCUT2D eigenvalue weighted by molar-refractivity contribution is 5.46. The minimum atomic E-state index is 0.0449. The molecule has 3 N–H and O–H groups in total. The molecule has 0 aromatic carbocycles. The molecule has 0 saturated carbocycles. The molecule has 0 saturated heterocycles. The lowest BCUT2D eigenvalue weighted by Gasteiger charge is -2.24. The van der Waals surface area contributed by atoms with Gasteiger partial charge in [-0.3, -0.25) is 0 Å². The van der Waals surface area contributed by atoms with Gasteiger partial charge in [0.2, 0.25) is 0 Å². The monoisotopic (exact) mass is 223 g/mol. The molecule has 0 bridgehead atoms. The fraction of sp³-hybridized carbons (Fsp3) is 0.636. The first kappa shape index (κ1) is 12.7. The Morgan fingerprint density at radius 1 is 1.19 bits per heavy atom. The topological polar surface area (TPSA) is 61.9 Å². The largest absolute Gasteiger partial charge is 0.370 e. The van der Waals surface area contributed by atoms with E-state index in [-0.39, 0.29) is 5.54 Å². The second-order valence-electron chi connectivity index (χ2n) is 4.31. The van der Waals surface area contributed by atoms with E-state index in [9.17, 15) is 0 Å². The van der Waals surface area contributed by atoms with Crippen LogP contribution in [0.5, 0.6) is 0 Å². The lowest BCUT2D eigenvalue weighted by Crippen LogP contribution is -2.42. The van der Waals surface area contributed by atoms with E-state index in [1.807, 2.05) is 20.0 Å². The molecule has 0 amide bonds. The summed E-state index contributed by atoms with van der Waals surface area (Å²) in [6, 6.07) is 1.91. The summed E-state index contributed by atoms with van der Waals surface area (Å²) in [5.74, 6) is 1.69. The molecule has 0 aliphatic heterocycles. The summed E-state index contributed by atoms with van der Waals surface area (Å²) in [5, 5.41) is 9.66. The van der Waals surface area contributed by atoms with E-state index in [2.05, 4.69) is 39.8 Å². The molecule has 5 heteroatoms. The summed E-state index contributed by atoms with van der Waals surface area (Å²) in [6.45, 7) is 7.97. The fourth-order valence-electron chi connectivity index (χ4n) is 1.13. The number of hydrogen-bond acceptors (Lipinski definition) is 5. The van der Waals surface area contributed by atoms with E-state index in [1.54, 1.807) is 6.33 Å². The minimum Gasteiger partial charge on any atom is -0.370 e. The van der Waals surface area contributed by atoms with Crippen LogP contribution < -0.4 is 16.0 Å². The van der Waals surface area contributed by atoms with Gasteiger partial charge in [0, 0.05) is 24.7 Å². The molecule has 90 valence electrons. The Labute approximate surface area is 97.1 Å². The van der Waals surface area contributed by atoms with Crippen LogP contribution >= 0.6 is 0 Å². The van der Waals surface area contributed by atoms with Crippen LogP contribution in [0.25, 0.3) is 0 Å². The number of rotatable bonds is 6. The Kier molecular flexibility index (Phi) is 4.49. The van der Waals surface area contributed by atoms with Gasteiger partial charge in [-0.1, -0.05) is 0 Å². The second kappa shape index (κ2) is 5.65. The van der Waals surface area contributed by atoms with E-state index >= 15 is 0 Å². The van der Waals surface area contributed by atoms with Crippen molar-refractivity contribution in [2.45, 2.75) is 26.3 Å². The van der Waals surface area contributed by atoms with Crippen molar-refractivity contribution in [2.75, 3.05) is 30.8 Å². The zero-order valence-electron chi connectivity index (χ0n) is 10.5. The number of nitrogens with zero attached hydrogens (tertiary/aromatic N) is 2. The third-order valence-electron chi connectivity index (χ3n) is 2.41. The van der Waals surface area contributed by atoms with Gasteiger partial charge >= 0.3 is 0 Å². The number of nitrogens with one attached hydrogen (secondary N) is 3. The van der Waals surface area contributed by atoms with E-state index in [0.717, 1.165) is 24.7 Å². The number of likely N-dealkylation sites (N-methyl/N-ethyl adjacent to an activating group) is 1. The number of hydrogen-bond donors (Lipinski definition) is 3. The first-order valence-electron chi connectivity index (χ1n) is 5.56. The Morgan fingerprint density at radius 2 is 1.81 bits per heavy atom. The molecule has 0 spiro atoms. The van der Waals surface area contributed by atoms with E-state index in [4.69, 9.17) is 0 Å². The quantitative estimate of drug-likeness (QED) is 0.679. The van der Waals surface area contributed by atoms with Crippen LogP contribution in [0.15, 0.2) is 12.4 Å². The lowest BCUT2D eigenvalue weighted by atomic mass is 10.1. The van der Waals surface area contributed by atoms with Crippen LogP contribution in [-0.4, -0.2) is 35.6 Å². The fourth-order valence-corrected chi connectivity index (χ4v) is 1.13. The first-order chi connectivity index (χ1) is 7.57. The first-order valence-corrected chi connectivity index (χ1v) is 5.56. The maximum atomic E-state index is 4.17. The van der Waals surface area contributed by atoms with Crippen molar-refractivity contribution in [1.29, 1.82) is 0 Å². The van der Waals surface area contributed by atoms with Crippen molar-refractivity contribution >= 4 is 11.6 Å². The highest BCUT2D eigenvalue weighted by Crippen LogP contribution is 2.10. The SMILES string of the molecule is CCNc1cc(NCC(C)(C)NC)ncn1. The van der Waals surface area contributed by atoms with Crippen molar-refractivity contribution in [2.24, 2.45) is 0 Å². The molecule has 1 rings (SSSR count). The molecule has 5 nitrogen and oxygen atoms in total. The van der Waals surface area contributed by atoms with Crippen molar-refractivity contribution in [3.05, 3.63) is 12.4 Å². The summed E-state index contributed by atoms with van der Waals surface area (Å²) in [5.41, 5.74) is 0.0449. The Balaban J connectivity index is 2.57. The van der Waals surface area contributed by atoms with Crippen LogP contribution in [0.2, 0.25) is 0 Å². The van der Waals surface area contributed by atoms with Crippen LogP contribution in [0.1, 0.15) is 20.8 Å². The van der Waals surface area contributed by atoms with Gasteiger partial charge < -0.3 is 16.0 Å². The maximum Gasteiger partial charge on any atom is 0.131 e. The van der Waals surface area contributed by atoms with Gasteiger partial charge in [0.1, 0.15) is 18.0 Å². The zero-order chi connectivity index (χ0) is 12.0. The predicted octanol–water partition coefficient (Wildman–Crippen LogP) is 1.32. The summed E-state index contributed by atoms with van der Waals surface area (Å²) in [7, 11) is 1.95. The molecule has 0 unspecified atom stereocenters. The normalized spacial score (nSPS) is 11.2.